The summed E-state index contributed by atoms with van der Waals surface area (Å²) in [7, 11) is 0. The summed E-state index contributed by atoms with van der Waals surface area (Å²) < 4.78 is 25.6. The molecule has 1 aromatic heterocycles. The molecule has 84 valence electrons. The Labute approximate surface area is 89.9 Å². The minimum absolute atomic E-state index is 0.337. The van der Waals surface area contributed by atoms with Gasteiger partial charge in [-0.05, 0) is 17.7 Å². The molecule has 7 heteroatoms. The monoisotopic (exact) mass is 225 g/mol. The second-order valence-electron chi connectivity index (χ2n) is 3.21. The molecule has 16 heavy (non-hydrogen) atoms. The van der Waals surface area contributed by atoms with Crippen LogP contribution in [0.25, 0.3) is 0 Å². The molecule has 0 bridgehead atoms. The third kappa shape index (κ3) is 2.80. The molecule has 0 aliphatic carbocycles. The molecule has 0 aliphatic heterocycles. The Balaban J connectivity index is 1.89. The highest BCUT2D eigenvalue weighted by Crippen LogP contribution is 2.07. The molecule has 1 heterocycles. The average Bonchev–Trinajstić information content (AvgIpc) is 2.69. The van der Waals surface area contributed by atoms with E-state index in [0.717, 1.165) is 6.07 Å². The lowest BCUT2D eigenvalue weighted by atomic mass is 10.2. The van der Waals surface area contributed by atoms with Gasteiger partial charge in [0.25, 0.3) is 0 Å². The first-order valence-corrected chi connectivity index (χ1v) is 4.62. The van der Waals surface area contributed by atoms with E-state index in [0.29, 0.717) is 24.5 Å². The molecule has 0 aliphatic rings. The van der Waals surface area contributed by atoms with E-state index in [1.165, 1.54) is 12.1 Å². The molecule has 0 spiro atoms. The van der Waals surface area contributed by atoms with E-state index >= 15 is 0 Å². The van der Waals surface area contributed by atoms with Crippen LogP contribution in [0.15, 0.2) is 18.2 Å². The quantitative estimate of drug-likeness (QED) is 0.806. The van der Waals surface area contributed by atoms with Gasteiger partial charge >= 0.3 is 0 Å². The van der Waals surface area contributed by atoms with Crippen molar-refractivity contribution in [3.05, 3.63) is 41.2 Å². The molecular weight excluding hydrogens is 216 g/mol. The maximum absolute atomic E-state index is 12.8. The van der Waals surface area contributed by atoms with Crippen LogP contribution in [0.2, 0.25) is 0 Å². The zero-order valence-electron chi connectivity index (χ0n) is 8.24. The molecule has 0 saturated heterocycles. The topological polar surface area (TPSA) is 66.5 Å². The second-order valence-corrected chi connectivity index (χ2v) is 3.21. The Bertz CT molecular complexity index is 437. The Morgan fingerprint density at radius 2 is 1.88 bits per heavy atom. The summed E-state index contributed by atoms with van der Waals surface area (Å²) in [6.45, 7) is 0.720. The summed E-state index contributed by atoms with van der Waals surface area (Å²) >= 11 is 0. The van der Waals surface area contributed by atoms with Crippen molar-refractivity contribution in [3.8, 4) is 0 Å². The van der Waals surface area contributed by atoms with Gasteiger partial charge in [0.05, 0.1) is 6.54 Å². The minimum atomic E-state index is -0.587. The SMILES string of the molecule is Fc1cc(F)cc(CNCc2nn[nH]n2)c1. The summed E-state index contributed by atoms with van der Waals surface area (Å²) in [6, 6.07) is 3.38. The van der Waals surface area contributed by atoms with Gasteiger partial charge in [0.15, 0.2) is 5.82 Å². The van der Waals surface area contributed by atoms with Gasteiger partial charge in [0, 0.05) is 12.6 Å². The molecular formula is C9H9F2N5. The summed E-state index contributed by atoms with van der Waals surface area (Å²) in [5.74, 6) is -0.676. The fourth-order valence-corrected chi connectivity index (χ4v) is 1.29. The van der Waals surface area contributed by atoms with Gasteiger partial charge < -0.3 is 5.32 Å². The summed E-state index contributed by atoms with van der Waals surface area (Å²) in [5, 5.41) is 16.1. The summed E-state index contributed by atoms with van der Waals surface area (Å²) in [4.78, 5) is 0. The van der Waals surface area contributed by atoms with Crippen molar-refractivity contribution in [1.82, 2.24) is 25.9 Å². The Morgan fingerprint density at radius 1 is 1.12 bits per heavy atom. The largest absolute Gasteiger partial charge is 0.306 e. The van der Waals surface area contributed by atoms with Gasteiger partial charge in [-0.15, -0.1) is 10.2 Å². The van der Waals surface area contributed by atoms with Crippen LogP contribution in [0.4, 0.5) is 8.78 Å². The van der Waals surface area contributed by atoms with Crippen molar-refractivity contribution < 1.29 is 8.78 Å². The van der Waals surface area contributed by atoms with Crippen molar-refractivity contribution in [1.29, 1.82) is 0 Å². The third-order valence-corrected chi connectivity index (χ3v) is 1.92. The third-order valence-electron chi connectivity index (χ3n) is 1.92. The molecule has 0 saturated carbocycles. The highest BCUT2D eigenvalue weighted by molar-refractivity contribution is 5.17. The molecule has 0 amide bonds. The molecule has 5 nitrogen and oxygen atoms in total. The van der Waals surface area contributed by atoms with E-state index in [4.69, 9.17) is 0 Å². The van der Waals surface area contributed by atoms with Gasteiger partial charge in [-0.2, -0.15) is 5.21 Å². The molecule has 2 N–H and O–H groups in total. The smallest absolute Gasteiger partial charge is 0.188 e. The minimum Gasteiger partial charge on any atom is -0.306 e. The fourth-order valence-electron chi connectivity index (χ4n) is 1.29. The number of aromatic nitrogens is 4. The molecule has 0 atom stereocenters. The van der Waals surface area contributed by atoms with Gasteiger partial charge in [-0.25, -0.2) is 8.78 Å². The molecule has 2 rings (SSSR count). The predicted octanol–water partition coefficient (Wildman–Crippen LogP) is 0.768. The standard InChI is InChI=1S/C9H9F2N5/c10-7-1-6(2-8(11)3-7)4-12-5-9-13-15-16-14-9/h1-3,12H,4-5H2,(H,13,14,15,16). The van der Waals surface area contributed by atoms with Crippen molar-refractivity contribution in [2.24, 2.45) is 0 Å². The van der Waals surface area contributed by atoms with Crippen LogP contribution in [-0.2, 0) is 13.1 Å². The first kappa shape index (κ1) is 10.6. The van der Waals surface area contributed by atoms with E-state index in [1.807, 2.05) is 0 Å². The zero-order valence-corrected chi connectivity index (χ0v) is 8.24. The van der Waals surface area contributed by atoms with E-state index < -0.39 is 11.6 Å². The highest BCUT2D eigenvalue weighted by Gasteiger charge is 2.01. The number of nitrogens with zero attached hydrogens (tertiary/aromatic N) is 3. The van der Waals surface area contributed by atoms with Crippen LogP contribution in [-0.4, -0.2) is 20.6 Å². The maximum atomic E-state index is 12.8. The van der Waals surface area contributed by atoms with Crippen molar-refractivity contribution >= 4 is 0 Å². The lowest BCUT2D eigenvalue weighted by Gasteiger charge is -2.02. The number of tetrazole rings is 1. The fraction of sp³-hybridized carbons (Fsp3) is 0.222. The van der Waals surface area contributed by atoms with Crippen LogP contribution < -0.4 is 5.32 Å². The van der Waals surface area contributed by atoms with E-state index in [9.17, 15) is 8.78 Å². The number of H-pyrrole nitrogens is 1. The number of hydrogen-bond donors (Lipinski definition) is 2. The average molecular weight is 225 g/mol. The normalized spacial score (nSPS) is 10.6. The van der Waals surface area contributed by atoms with Crippen molar-refractivity contribution in [2.75, 3.05) is 0 Å². The predicted molar refractivity (Wildman–Crippen MR) is 51.1 cm³/mol. The van der Waals surface area contributed by atoms with Crippen LogP contribution in [0.5, 0.6) is 0 Å². The first-order valence-electron chi connectivity index (χ1n) is 4.62. The number of halogens is 2. The molecule has 0 fully saturated rings. The van der Waals surface area contributed by atoms with E-state index in [1.54, 1.807) is 0 Å². The first-order chi connectivity index (χ1) is 7.74. The Hall–Kier alpha value is -1.89. The molecule has 0 unspecified atom stereocenters. The molecule has 0 radical (unpaired) electrons. The van der Waals surface area contributed by atoms with Gasteiger partial charge in [0.2, 0.25) is 0 Å². The van der Waals surface area contributed by atoms with Gasteiger partial charge in [-0.3, -0.25) is 0 Å². The van der Waals surface area contributed by atoms with E-state index in [2.05, 4.69) is 25.9 Å². The van der Waals surface area contributed by atoms with Crippen LogP contribution in [0, 0.1) is 11.6 Å². The molecule has 1 aromatic carbocycles. The lowest BCUT2D eigenvalue weighted by molar-refractivity contribution is 0.574. The number of benzene rings is 1. The summed E-state index contributed by atoms with van der Waals surface area (Å²) in [5.41, 5.74) is 0.529. The maximum Gasteiger partial charge on any atom is 0.188 e. The Morgan fingerprint density at radius 3 is 2.50 bits per heavy atom. The van der Waals surface area contributed by atoms with Crippen molar-refractivity contribution in [3.63, 3.8) is 0 Å². The van der Waals surface area contributed by atoms with Gasteiger partial charge in [0.1, 0.15) is 11.6 Å². The van der Waals surface area contributed by atoms with Gasteiger partial charge in [-0.1, -0.05) is 5.21 Å². The van der Waals surface area contributed by atoms with E-state index in [-0.39, 0.29) is 0 Å². The van der Waals surface area contributed by atoms with Crippen LogP contribution >= 0.6 is 0 Å². The molecule has 2 aromatic rings. The number of nitrogens with one attached hydrogen (secondary N) is 2. The number of rotatable bonds is 4. The Kier molecular flexibility index (Phi) is 3.16. The van der Waals surface area contributed by atoms with Crippen LogP contribution in [0.1, 0.15) is 11.4 Å². The highest BCUT2D eigenvalue weighted by atomic mass is 19.1. The second kappa shape index (κ2) is 4.75. The zero-order chi connectivity index (χ0) is 11.4. The van der Waals surface area contributed by atoms with Crippen molar-refractivity contribution in [2.45, 2.75) is 13.1 Å². The lowest BCUT2D eigenvalue weighted by Crippen LogP contribution is -2.14. The van der Waals surface area contributed by atoms with Crippen LogP contribution in [0.3, 0.4) is 0 Å². The number of hydrogen-bond acceptors (Lipinski definition) is 4. The summed E-state index contributed by atoms with van der Waals surface area (Å²) in [6.07, 6.45) is 0. The number of aromatic amines is 1.